The lowest BCUT2D eigenvalue weighted by Crippen LogP contribution is -2.31. The number of amides is 1. The van der Waals surface area contributed by atoms with Crippen LogP contribution in [0.4, 0.5) is 11.4 Å². The third-order valence-electron chi connectivity index (χ3n) is 2.37. The monoisotopic (exact) mass is 235 g/mol. The summed E-state index contributed by atoms with van der Waals surface area (Å²) in [4.78, 5) is 11.4. The fourth-order valence-electron chi connectivity index (χ4n) is 1.59. The Kier molecular flexibility index (Phi) is 4.82. The van der Waals surface area contributed by atoms with E-state index in [1.54, 1.807) is 0 Å². The highest BCUT2D eigenvalue weighted by Gasteiger charge is 2.03. The van der Waals surface area contributed by atoms with Gasteiger partial charge in [-0.1, -0.05) is 0 Å². The number of nitrogens with one attached hydrogen (secondary N) is 2. The van der Waals surface area contributed by atoms with Crippen molar-refractivity contribution in [2.75, 3.05) is 17.6 Å². The van der Waals surface area contributed by atoms with Crippen molar-refractivity contribution in [3.8, 4) is 0 Å². The first-order valence-corrected chi connectivity index (χ1v) is 5.88. The fraction of sp³-hybridized carbons (Fsp3) is 0.462. The highest BCUT2D eigenvalue weighted by Crippen LogP contribution is 2.17. The van der Waals surface area contributed by atoms with Crippen molar-refractivity contribution in [3.63, 3.8) is 0 Å². The Labute approximate surface area is 103 Å². The van der Waals surface area contributed by atoms with Crippen LogP contribution in [0.1, 0.15) is 25.8 Å². The van der Waals surface area contributed by atoms with Crippen LogP contribution >= 0.6 is 0 Å². The average molecular weight is 235 g/mol. The second-order valence-electron chi connectivity index (χ2n) is 4.47. The molecule has 4 nitrogen and oxygen atoms in total. The van der Waals surface area contributed by atoms with E-state index in [0.717, 1.165) is 16.9 Å². The van der Waals surface area contributed by atoms with E-state index in [0.29, 0.717) is 13.0 Å². The Balaban J connectivity index is 2.38. The van der Waals surface area contributed by atoms with Gasteiger partial charge in [0.1, 0.15) is 0 Å². The zero-order valence-electron chi connectivity index (χ0n) is 10.7. The van der Waals surface area contributed by atoms with Crippen LogP contribution in [0.3, 0.4) is 0 Å². The summed E-state index contributed by atoms with van der Waals surface area (Å²) in [6.07, 6.45) is 0.474. The molecule has 0 spiro atoms. The zero-order chi connectivity index (χ0) is 12.8. The molecule has 1 amide bonds. The maximum Gasteiger partial charge on any atom is 0.221 e. The highest BCUT2D eigenvalue weighted by atomic mass is 16.1. The van der Waals surface area contributed by atoms with Gasteiger partial charge in [-0.3, -0.25) is 4.79 Å². The minimum atomic E-state index is 0.0700. The number of aryl methyl sites for hydroxylation is 1. The maximum atomic E-state index is 11.4. The lowest BCUT2D eigenvalue weighted by Gasteiger charge is -2.11. The summed E-state index contributed by atoms with van der Waals surface area (Å²) < 4.78 is 0. The first-order valence-electron chi connectivity index (χ1n) is 5.88. The van der Waals surface area contributed by atoms with Crippen LogP contribution in [-0.4, -0.2) is 18.5 Å². The molecular weight excluding hydrogens is 214 g/mol. The average Bonchev–Trinajstić information content (AvgIpc) is 2.20. The molecular formula is C13H21N3O. The summed E-state index contributed by atoms with van der Waals surface area (Å²) >= 11 is 0. The molecule has 94 valence electrons. The normalized spacial score (nSPS) is 10.4. The molecule has 0 radical (unpaired) electrons. The molecule has 1 aromatic carbocycles. The van der Waals surface area contributed by atoms with Gasteiger partial charge in [0, 0.05) is 30.4 Å². The Morgan fingerprint density at radius 1 is 1.41 bits per heavy atom. The van der Waals surface area contributed by atoms with Crippen LogP contribution in [0.15, 0.2) is 18.2 Å². The number of carbonyl (C=O) groups is 1. The molecule has 0 atom stereocenters. The standard InChI is InChI=1S/C13H21N3O/c1-9(2)16-13(17)6-7-15-12-5-4-11(14)8-10(12)3/h4-5,8-9,15H,6-7,14H2,1-3H3,(H,16,17). The molecule has 0 aliphatic heterocycles. The van der Waals surface area contributed by atoms with E-state index in [-0.39, 0.29) is 11.9 Å². The van der Waals surface area contributed by atoms with Crippen molar-refractivity contribution in [1.82, 2.24) is 5.32 Å². The molecule has 0 aliphatic carbocycles. The van der Waals surface area contributed by atoms with Crippen molar-refractivity contribution < 1.29 is 4.79 Å². The number of nitrogens with two attached hydrogens (primary N) is 1. The van der Waals surface area contributed by atoms with E-state index in [1.807, 2.05) is 39.0 Å². The second kappa shape index (κ2) is 6.13. The molecule has 1 rings (SSSR count). The third kappa shape index (κ3) is 4.76. The van der Waals surface area contributed by atoms with E-state index >= 15 is 0 Å². The van der Waals surface area contributed by atoms with Crippen LogP contribution in [0.25, 0.3) is 0 Å². The molecule has 0 bridgehead atoms. The summed E-state index contributed by atoms with van der Waals surface area (Å²) in [5.41, 5.74) is 8.54. The molecule has 1 aromatic rings. The van der Waals surface area contributed by atoms with Gasteiger partial charge in [-0.15, -0.1) is 0 Å². The Morgan fingerprint density at radius 2 is 2.12 bits per heavy atom. The lowest BCUT2D eigenvalue weighted by atomic mass is 10.2. The van der Waals surface area contributed by atoms with Crippen LogP contribution in [0, 0.1) is 6.92 Å². The van der Waals surface area contributed by atoms with E-state index in [4.69, 9.17) is 5.73 Å². The quantitative estimate of drug-likeness (QED) is 0.683. The smallest absolute Gasteiger partial charge is 0.221 e. The molecule has 0 saturated heterocycles. The van der Waals surface area contributed by atoms with E-state index in [2.05, 4.69) is 10.6 Å². The number of benzene rings is 1. The van der Waals surface area contributed by atoms with Gasteiger partial charge >= 0.3 is 0 Å². The predicted octanol–water partition coefficient (Wildman–Crippen LogP) is 1.90. The maximum absolute atomic E-state index is 11.4. The number of anilines is 2. The van der Waals surface area contributed by atoms with Gasteiger partial charge in [0.2, 0.25) is 5.91 Å². The van der Waals surface area contributed by atoms with Gasteiger partial charge in [-0.05, 0) is 44.5 Å². The number of nitrogen functional groups attached to an aromatic ring is 1. The molecule has 0 saturated carbocycles. The van der Waals surface area contributed by atoms with Crippen LogP contribution in [-0.2, 0) is 4.79 Å². The van der Waals surface area contributed by atoms with Crippen molar-refractivity contribution >= 4 is 17.3 Å². The molecule has 4 N–H and O–H groups in total. The Bertz CT molecular complexity index is 388. The largest absolute Gasteiger partial charge is 0.399 e. The van der Waals surface area contributed by atoms with Crippen LogP contribution < -0.4 is 16.4 Å². The highest BCUT2D eigenvalue weighted by molar-refractivity contribution is 5.76. The molecule has 0 aromatic heterocycles. The molecule has 4 heteroatoms. The van der Waals surface area contributed by atoms with Crippen molar-refractivity contribution in [3.05, 3.63) is 23.8 Å². The Morgan fingerprint density at radius 3 is 2.71 bits per heavy atom. The molecule has 0 unspecified atom stereocenters. The lowest BCUT2D eigenvalue weighted by molar-refractivity contribution is -0.121. The first kappa shape index (κ1) is 13.4. The zero-order valence-corrected chi connectivity index (χ0v) is 10.7. The molecule has 0 aliphatic rings. The number of rotatable bonds is 5. The van der Waals surface area contributed by atoms with E-state index < -0.39 is 0 Å². The van der Waals surface area contributed by atoms with Gasteiger partial charge in [0.25, 0.3) is 0 Å². The van der Waals surface area contributed by atoms with Crippen LogP contribution in [0.5, 0.6) is 0 Å². The van der Waals surface area contributed by atoms with Gasteiger partial charge < -0.3 is 16.4 Å². The molecule has 0 heterocycles. The number of hydrogen-bond donors (Lipinski definition) is 3. The van der Waals surface area contributed by atoms with Gasteiger partial charge in [-0.2, -0.15) is 0 Å². The third-order valence-corrected chi connectivity index (χ3v) is 2.37. The predicted molar refractivity (Wildman–Crippen MR) is 72.0 cm³/mol. The number of carbonyl (C=O) groups excluding carboxylic acids is 1. The fourth-order valence-corrected chi connectivity index (χ4v) is 1.59. The van der Waals surface area contributed by atoms with Gasteiger partial charge in [0.05, 0.1) is 0 Å². The number of hydrogen-bond acceptors (Lipinski definition) is 3. The Hall–Kier alpha value is -1.71. The summed E-state index contributed by atoms with van der Waals surface area (Å²) in [5, 5.41) is 6.08. The van der Waals surface area contributed by atoms with Gasteiger partial charge in [-0.25, -0.2) is 0 Å². The minimum Gasteiger partial charge on any atom is -0.399 e. The summed E-state index contributed by atoms with van der Waals surface area (Å²) in [5.74, 6) is 0.0700. The van der Waals surface area contributed by atoms with Gasteiger partial charge in [0.15, 0.2) is 0 Å². The summed E-state index contributed by atoms with van der Waals surface area (Å²) in [6.45, 7) is 6.53. The van der Waals surface area contributed by atoms with Crippen LogP contribution in [0.2, 0.25) is 0 Å². The minimum absolute atomic E-state index is 0.0700. The first-order chi connectivity index (χ1) is 7.99. The van der Waals surface area contributed by atoms with E-state index in [9.17, 15) is 4.79 Å². The van der Waals surface area contributed by atoms with E-state index in [1.165, 1.54) is 0 Å². The van der Waals surface area contributed by atoms with Crippen molar-refractivity contribution in [2.24, 2.45) is 0 Å². The molecule has 17 heavy (non-hydrogen) atoms. The summed E-state index contributed by atoms with van der Waals surface area (Å²) in [7, 11) is 0. The molecule has 0 fully saturated rings. The van der Waals surface area contributed by atoms with Crippen molar-refractivity contribution in [2.45, 2.75) is 33.2 Å². The topological polar surface area (TPSA) is 67.1 Å². The van der Waals surface area contributed by atoms with Crippen molar-refractivity contribution in [1.29, 1.82) is 0 Å². The summed E-state index contributed by atoms with van der Waals surface area (Å²) in [6, 6.07) is 5.89. The SMILES string of the molecule is Cc1cc(N)ccc1NCCC(=O)NC(C)C. The second-order valence-corrected chi connectivity index (χ2v) is 4.47.